The van der Waals surface area contributed by atoms with Crippen LogP contribution in [-0.2, 0) is 18.9 Å². The molecule has 20 heavy (non-hydrogen) atoms. The van der Waals surface area contributed by atoms with E-state index in [-0.39, 0.29) is 29.8 Å². The third-order valence-corrected chi connectivity index (χ3v) is 3.88. The molecule has 1 fully saturated rings. The summed E-state index contributed by atoms with van der Waals surface area (Å²) >= 11 is 0. The fourth-order valence-electron chi connectivity index (χ4n) is 2.27. The number of hydrogen-bond donors (Lipinski definition) is 1. The maximum atomic E-state index is 8.76. The highest BCUT2D eigenvalue weighted by atomic mass is 16.7. The van der Waals surface area contributed by atoms with E-state index in [0.29, 0.717) is 33.0 Å². The molecule has 5 nitrogen and oxygen atoms in total. The van der Waals surface area contributed by atoms with Gasteiger partial charge in [-0.15, -0.1) is 0 Å². The van der Waals surface area contributed by atoms with E-state index in [4.69, 9.17) is 24.1 Å². The molecule has 1 aliphatic rings. The highest BCUT2D eigenvalue weighted by Gasteiger charge is 2.40. The Labute approximate surface area is 122 Å². The summed E-state index contributed by atoms with van der Waals surface area (Å²) < 4.78 is 22.4. The van der Waals surface area contributed by atoms with Gasteiger partial charge in [0.2, 0.25) is 0 Å². The molecular weight excluding hydrogens is 260 g/mol. The Morgan fingerprint density at radius 1 is 1.00 bits per heavy atom. The number of hydrogen-bond acceptors (Lipinski definition) is 5. The van der Waals surface area contributed by atoms with E-state index in [1.165, 1.54) is 0 Å². The lowest BCUT2D eigenvalue weighted by Gasteiger charge is -2.43. The summed E-state index contributed by atoms with van der Waals surface area (Å²) in [6.07, 6.45) is -0.236. The Hall–Kier alpha value is -0.200. The van der Waals surface area contributed by atoms with Crippen LogP contribution in [0.25, 0.3) is 0 Å². The van der Waals surface area contributed by atoms with Crippen molar-refractivity contribution < 1.29 is 24.1 Å². The largest absolute Gasteiger partial charge is 0.381 e. The van der Waals surface area contributed by atoms with E-state index >= 15 is 0 Å². The van der Waals surface area contributed by atoms with E-state index in [1.807, 2.05) is 6.92 Å². The first-order valence-electron chi connectivity index (χ1n) is 7.33. The van der Waals surface area contributed by atoms with Gasteiger partial charge in [0, 0.05) is 17.9 Å². The molecule has 1 rings (SSSR count). The van der Waals surface area contributed by atoms with Crippen LogP contribution in [0, 0.1) is 16.7 Å². The summed E-state index contributed by atoms with van der Waals surface area (Å²) in [5.41, 5.74) is -0.246. The Bertz CT molecular complexity index is 241. The Balaban J connectivity index is 2.46. The maximum absolute atomic E-state index is 8.76. The quantitative estimate of drug-likeness (QED) is 0.693. The first-order valence-corrected chi connectivity index (χ1v) is 7.33. The number of rotatable bonds is 8. The minimum Gasteiger partial charge on any atom is -0.381 e. The predicted molar refractivity (Wildman–Crippen MR) is 76.3 cm³/mol. The van der Waals surface area contributed by atoms with Gasteiger partial charge in [-0.05, 0) is 12.3 Å². The van der Waals surface area contributed by atoms with Crippen molar-refractivity contribution in [3.8, 4) is 0 Å². The number of ether oxygens (including phenoxy) is 4. The predicted octanol–water partition coefficient (Wildman–Crippen LogP) is 2.03. The first-order chi connectivity index (χ1) is 9.33. The molecule has 0 amide bonds. The molecule has 0 bridgehead atoms. The van der Waals surface area contributed by atoms with Crippen molar-refractivity contribution in [1.29, 1.82) is 0 Å². The minimum atomic E-state index is -0.248. The second-order valence-corrected chi connectivity index (χ2v) is 6.79. The van der Waals surface area contributed by atoms with Gasteiger partial charge < -0.3 is 24.1 Å². The molecule has 120 valence electrons. The topological polar surface area (TPSA) is 57.2 Å². The van der Waals surface area contributed by atoms with E-state index < -0.39 is 0 Å². The van der Waals surface area contributed by atoms with Gasteiger partial charge in [0.15, 0.2) is 6.29 Å². The normalized spacial score (nSPS) is 24.9. The van der Waals surface area contributed by atoms with Gasteiger partial charge in [-0.1, -0.05) is 27.7 Å². The summed E-state index contributed by atoms with van der Waals surface area (Å²) in [5.74, 6) is 0.258. The molecule has 1 N–H and O–H groups in total. The van der Waals surface area contributed by atoms with Crippen LogP contribution in [0.15, 0.2) is 0 Å². The van der Waals surface area contributed by atoms with E-state index in [0.717, 1.165) is 0 Å². The van der Waals surface area contributed by atoms with Crippen molar-refractivity contribution >= 4 is 0 Å². The monoisotopic (exact) mass is 290 g/mol. The molecule has 0 saturated carbocycles. The summed E-state index contributed by atoms with van der Waals surface area (Å²) in [6.45, 7) is 13.2. The van der Waals surface area contributed by atoms with Crippen molar-refractivity contribution in [2.24, 2.45) is 16.7 Å². The summed E-state index contributed by atoms with van der Waals surface area (Å²) in [4.78, 5) is 0. The van der Waals surface area contributed by atoms with Crippen molar-refractivity contribution in [2.75, 3.05) is 39.8 Å². The summed E-state index contributed by atoms with van der Waals surface area (Å²) in [7, 11) is 0. The fourth-order valence-corrected chi connectivity index (χ4v) is 2.27. The van der Waals surface area contributed by atoms with E-state index in [1.54, 1.807) is 0 Å². The molecule has 0 aromatic carbocycles. The molecule has 0 radical (unpaired) electrons. The molecule has 1 heterocycles. The van der Waals surface area contributed by atoms with Gasteiger partial charge >= 0.3 is 0 Å². The van der Waals surface area contributed by atoms with E-state index in [9.17, 15) is 0 Å². The molecule has 0 unspecified atom stereocenters. The number of aliphatic hydroxyl groups is 1. The van der Waals surface area contributed by atoms with Crippen molar-refractivity contribution in [3.05, 3.63) is 0 Å². The van der Waals surface area contributed by atoms with Crippen molar-refractivity contribution in [2.45, 2.75) is 40.9 Å². The molecule has 0 aliphatic carbocycles. The smallest absolute Gasteiger partial charge is 0.164 e. The van der Waals surface area contributed by atoms with Crippen LogP contribution >= 0.6 is 0 Å². The van der Waals surface area contributed by atoms with Crippen LogP contribution in [0.2, 0.25) is 0 Å². The standard InChI is InChI=1S/C15H30O5/c1-6-17-10-15(4,5)13-19-7-12(8-20-13)14(2,3)9-18-11-16/h12-13,16H,6-11H2,1-5H3. The summed E-state index contributed by atoms with van der Waals surface area (Å²) in [6, 6.07) is 0. The van der Waals surface area contributed by atoms with Gasteiger partial charge in [-0.2, -0.15) is 0 Å². The molecule has 0 spiro atoms. The molecular formula is C15H30O5. The van der Waals surface area contributed by atoms with Gasteiger partial charge in [-0.3, -0.25) is 0 Å². The van der Waals surface area contributed by atoms with Crippen molar-refractivity contribution in [3.63, 3.8) is 0 Å². The molecule has 1 aliphatic heterocycles. The third kappa shape index (κ3) is 4.97. The summed E-state index contributed by atoms with van der Waals surface area (Å²) in [5, 5.41) is 8.76. The van der Waals surface area contributed by atoms with Gasteiger partial charge in [-0.25, -0.2) is 0 Å². The lowest BCUT2D eigenvalue weighted by Crippen LogP contribution is -2.48. The maximum Gasteiger partial charge on any atom is 0.164 e. The highest BCUT2D eigenvalue weighted by Crippen LogP contribution is 2.35. The average Bonchev–Trinajstić information content (AvgIpc) is 2.43. The molecule has 1 saturated heterocycles. The van der Waals surface area contributed by atoms with Crippen LogP contribution in [0.1, 0.15) is 34.6 Å². The SMILES string of the molecule is CCOCC(C)(C)C1OCC(C(C)(C)COCO)CO1. The zero-order valence-corrected chi connectivity index (χ0v) is 13.5. The Kier molecular flexibility index (Phi) is 6.88. The van der Waals surface area contributed by atoms with Crippen molar-refractivity contribution in [1.82, 2.24) is 0 Å². The van der Waals surface area contributed by atoms with Gasteiger partial charge in [0.1, 0.15) is 6.79 Å². The third-order valence-electron chi connectivity index (χ3n) is 3.88. The second kappa shape index (κ2) is 7.71. The molecule has 0 aromatic heterocycles. The van der Waals surface area contributed by atoms with Crippen LogP contribution in [0.4, 0.5) is 0 Å². The second-order valence-electron chi connectivity index (χ2n) is 6.79. The molecule has 0 atom stereocenters. The molecule has 5 heteroatoms. The lowest BCUT2D eigenvalue weighted by atomic mass is 9.79. The highest BCUT2D eigenvalue weighted by molar-refractivity contribution is 4.83. The minimum absolute atomic E-state index is 0.0856. The Morgan fingerprint density at radius 2 is 1.55 bits per heavy atom. The van der Waals surface area contributed by atoms with E-state index in [2.05, 4.69) is 27.7 Å². The fraction of sp³-hybridized carbons (Fsp3) is 1.00. The van der Waals surface area contributed by atoms with Crippen LogP contribution < -0.4 is 0 Å². The van der Waals surface area contributed by atoms with Gasteiger partial charge in [0.05, 0.1) is 26.4 Å². The number of aliphatic hydroxyl groups excluding tert-OH is 1. The zero-order valence-electron chi connectivity index (χ0n) is 13.5. The lowest BCUT2D eigenvalue weighted by molar-refractivity contribution is -0.268. The average molecular weight is 290 g/mol. The Morgan fingerprint density at radius 3 is 2.05 bits per heavy atom. The van der Waals surface area contributed by atoms with Crippen LogP contribution in [0.3, 0.4) is 0 Å². The van der Waals surface area contributed by atoms with Crippen LogP contribution in [-0.4, -0.2) is 51.2 Å². The molecule has 0 aromatic rings. The zero-order chi connectivity index (χ0) is 15.2. The van der Waals surface area contributed by atoms with Gasteiger partial charge in [0.25, 0.3) is 0 Å². The van der Waals surface area contributed by atoms with Crippen LogP contribution in [0.5, 0.6) is 0 Å². The first kappa shape index (κ1) is 17.9.